The van der Waals surface area contributed by atoms with Crippen LogP contribution in [0.5, 0.6) is 0 Å². The molecule has 0 aliphatic heterocycles. The minimum Gasteiger partial charge on any atom is -0.481 e. The zero-order chi connectivity index (χ0) is 38.2. The van der Waals surface area contributed by atoms with E-state index in [0.29, 0.717) is 17.8 Å². The number of aromatic nitrogens is 1. The van der Waals surface area contributed by atoms with E-state index in [1.165, 1.54) is 17.2 Å². The highest BCUT2D eigenvalue weighted by molar-refractivity contribution is 7.09. The van der Waals surface area contributed by atoms with Gasteiger partial charge in [0.05, 0.1) is 5.92 Å². The number of amides is 2. The molecule has 1 aromatic carbocycles. The van der Waals surface area contributed by atoms with Gasteiger partial charge in [-0.15, -0.1) is 11.3 Å². The van der Waals surface area contributed by atoms with Crippen LogP contribution in [0.1, 0.15) is 108 Å². The second kappa shape index (κ2) is 21.0. The average Bonchev–Trinajstić information content (AvgIpc) is 3.56. The summed E-state index contributed by atoms with van der Waals surface area (Å²) in [5.41, 5.74) is 10.3. The molecule has 0 saturated carbocycles. The Balaban J connectivity index is 2.45. The van der Waals surface area contributed by atoms with Crippen molar-refractivity contribution >= 4 is 41.1 Å². The highest BCUT2D eigenvalue weighted by Gasteiger charge is 2.37. The number of ether oxygens (including phenoxy) is 2. The van der Waals surface area contributed by atoms with Crippen LogP contribution in [0.2, 0.25) is 0 Å². The van der Waals surface area contributed by atoms with Gasteiger partial charge in [-0.2, -0.15) is 0 Å². The molecule has 15 heteroatoms. The summed E-state index contributed by atoms with van der Waals surface area (Å²) >= 11 is 1.10. The van der Waals surface area contributed by atoms with Crippen molar-refractivity contribution in [1.82, 2.24) is 15.2 Å². The number of nitrogens with one attached hydrogen (secondary N) is 1. The van der Waals surface area contributed by atoms with Crippen molar-refractivity contribution in [2.24, 2.45) is 28.8 Å². The van der Waals surface area contributed by atoms with Gasteiger partial charge < -0.3 is 24.8 Å². The minimum absolute atomic E-state index is 0.0254. The molecule has 0 spiro atoms. The Labute approximate surface area is 303 Å². The number of rotatable bonds is 21. The average molecular weight is 729 g/mol. The standard InChI is InChI=1S/C36H52N6O8S/c1-9-23(6)32(40-41-37)35(46)42(20-49-31(44)15-21(2)3)29(22(4)5)18-30(50-25(8)43)34-39-28(19-51-34)33(45)38-27(16-24(7)36(47)48)17-26-13-11-10-12-14-26/h10-14,19,21-24,27,29-30,32H,9,15-18,20H2,1-8H3,(H,38,45)(H,47,48). The largest absolute Gasteiger partial charge is 0.481 e. The zero-order valence-electron chi connectivity index (χ0n) is 30.8. The smallest absolute Gasteiger partial charge is 0.307 e. The Hall–Kier alpha value is -4.49. The summed E-state index contributed by atoms with van der Waals surface area (Å²) in [6.45, 7) is 13.5. The Morgan fingerprint density at radius 3 is 2.27 bits per heavy atom. The van der Waals surface area contributed by atoms with E-state index in [1.54, 1.807) is 13.8 Å². The number of aliphatic carboxylic acids is 1. The third kappa shape index (κ3) is 14.0. The molecule has 0 bridgehead atoms. The molecule has 280 valence electrons. The van der Waals surface area contributed by atoms with E-state index < -0.39 is 66.6 Å². The molecule has 0 saturated heterocycles. The highest BCUT2D eigenvalue weighted by Crippen LogP contribution is 2.32. The number of thiazole rings is 1. The second-order valence-electron chi connectivity index (χ2n) is 13.6. The SMILES string of the molecule is CCC(C)C(N=[N+]=[N-])C(=O)N(COC(=O)CC(C)C)C(CC(OC(C)=O)c1nc(C(=O)NC(Cc2ccccc2)CC(C)C(=O)O)cs1)C(C)C. The van der Waals surface area contributed by atoms with Crippen molar-refractivity contribution in [1.29, 1.82) is 0 Å². The highest BCUT2D eigenvalue weighted by atomic mass is 32.1. The van der Waals surface area contributed by atoms with Gasteiger partial charge in [-0.3, -0.25) is 24.0 Å². The van der Waals surface area contributed by atoms with E-state index >= 15 is 0 Å². The third-order valence-corrected chi connectivity index (χ3v) is 9.45. The molecule has 2 rings (SSSR count). The van der Waals surface area contributed by atoms with E-state index in [2.05, 4.69) is 20.3 Å². The number of carboxylic acid groups (broad SMARTS) is 1. The van der Waals surface area contributed by atoms with Crippen molar-refractivity contribution < 1.29 is 38.6 Å². The normalized spacial score (nSPS) is 14.7. The number of carbonyl (C=O) groups is 5. The van der Waals surface area contributed by atoms with Crippen LogP contribution in [0.15, 0.2) is 40.8 Å². The van der Waals surface area contributed by atoms with Crippen LogP contribution in [0, 0.1) is 23.7 Å². The molecule has 0 fully saturated rings. The molecular formula is C36H52N6O8S. The van der Waals surface area contributed by atoms with Crippen LogP contribution >= 0.6 is 11.3 Å². The number of esters is 2. The van der Waals surface area contributed by atoms with Gasteiger partial charge in [0.2, 0.25) is 5.91 Å². The zero-order valence-corrected chi connectivity index (χ0v) is 31.6. The Morgan fingerprint density at radius 1 is 1.06 bits per heavy atom. The van der Waals surface area contributed by atoms with Gasteiger partial charge >= 0.3 is 17.9 Å². The van der Waals surface area contributed by atoms with E-state index in [0.717, 1.165) is 16.9 Å². The van der Waals surface area contributed by atoms with Crippen LogP contribution in [-0.4, -0.2) is 69.6 Å². The van der Waals surface area contributed by atoms with Gasteiger partial charge in [-0.05, 0) is 41.7 Å². The topological polar surface area (TPSA) is 201 Å². The van der Waals surface area contributed by atoms with E-state index in [9.17, 15) is 34.6 Å². The number of hydrogen-bond acceptors (Lipinski definition) is 10. The fourth-order valence-corrected chi connectivity index (χ4v) is 6.35. The molecule has 6 unspecified atom stereocenters. The maximum Gasteiger partial charge on any atom is 0.307 e. The summed E-state index contributed by atoms with van der Waals surface area (Å²) in [7, 11) is 0. The molecule has 1 heterocycles. The first-order chi connectivity index (χ1) is 24.1. The lowest BCUT2D eigenvalue weighted by molar-refractivity contribution is -0.159. The fraction of sp³-hybridized carbons (Fsp3) is 0.611. The first kappa shape index (κ1) is 42.7. The van der Waals surface area contributed by atoms with Gasteiger partial charge in [-0.1, -0.05) is 90.3 Å². The summed E-state index contributed by atoms with van der Waals surface area (Å²) < 4.78 is 11.3. The lowest BCUT2D eigenvalue weighted by Crippen LogP contribution is -2.50. The van der Waals surface area contributed by atoms with Gasteiger partial charge in [0.25, 0.3) is 5.91 Å². The molecule has 1 aromatic heterocycles. The van der Waals surface area contributed by atoms with Crippen molar-refractivity contribution in [3.05, 3.63) is 62.4 Å². The molecule has 14 nitrogen and oxygen atoms in total. The number of carboxylic acids is 1. The molecule has 2 amide bonds. The molecule has 0 aliphatic carbocycles. The number of hydrogen-bond donors (Lipinski definition) is 2. The van der Waals surface area contributed by atoms with Crippen LogP contribution < -0.4 is 5.32 Å². The van der Waals surface area contributed by atoms with Crippen molar-refractivity contribution in [2.45, 2.75) is 112 Å². The molecule has 0 radical (unpaired) electrons. The summed E-state index contributed by atoms with van der Waals surface area (Å²) in [6, 6.07) is 7.16. The van der Waals surface area contributed by atoms with Crippen molar-refractivity contribution in [2.75, 3.05) is 6.73 Å². The third-order valence-electron chi connectivity index (χ3n) is 8.52. The van der Waals surface area contributed by atoms with E-state index in [1.807, 2.05) is 65.0 Å². The van der Waals surface area contributed by atoms with Crippen LogP contribution in [0.25, 0.3) is 10.4 Å². The first-order valence-electron chi connectivity index (χ1n) is 17.3. The number of azide groups is 1. The van der Waals surface area contributed by atoms with Crippen molar-refractivity contribution in [3.63, 3.8) is 0 Å². The summed E-state index contributed by atoms with van der Waals surface area (Å²) in [5, 5.41) is 18.1. The van der Waals surface area contributed by atoms with Gasteiger partial charge in [0, 0.05) is 42.1 Å². The van der Waals surface area contributed by atoms with Crippen LogP contribution in [0.4, 0.5) is 0 Å². The van der Waals surface area contributed by atoms with Gasteiger partial charge in [0.1, 0.15) is 16.7 Å². The molecule has 2 N–H and O–H groups in total. The molecule has 2 aromatic rings. The predicted octanol–water partition coefficient (Wildman–Crippen LogP) is 6.71. The second-order valence-corrected chi connectivity index (χ2v) is 14.5. The quantitative estimate of drug-likeness (QED) is 0.0460. The Kier molecular flexibility index (Phi) is 17.6. The minimum atomic E-state index is -1.07. The summed E-state index contributed by atoms with van der Waals surface area (Å²) in [6.07, 6.45) is 0.336. The van der Waals surface area contributed by atoms with Gasteiger partial charge in [0.15, 0.2) is 12.8 Å². The van der Waals surface area contributed by atoms with Gasteiger partial charge in [-0.25, -0.2) is 4.98 Å². The lowest BCUT2D eigenvalue weighted by atomic mass is 9.93. The van der Waals surface area contributed by atoms with Crippen molar-refractivity contribution in [3.8, 4) is 0 Å². The fourth-order valence-electron chi connectivity index (χ4n) is 5.51. The van der Waals surface area contributed by atoms with E-state index in [-0.39, 0.29) is 42.7 Å². The Morgan fingerprint density at radius 2 is 1.73 bits per heavy atom. The Bertz CT molecular complexity index is 1510. The summed E-state index contributed by atoms with van der Waals surface area (Å²) in [5.74, 6) is -4.37. The molecule has 6 atom stereocenters. The maximum atomic E-state index is 14.1. The number of nitrogens with zero attached hydrogens (tertiary/aromatic N) is 5. The lowest BCUT2D eigenvalue weighted by Gasteiger charge is -2.37. The summed E-state index contributed by atoms with van der Waals surface area (Å²) in [4.78, 5) is 72.9. The first-order valence-corrected chi connectivity index (χ1v) is 18.2. The van der Waals surface area contributed by atoms with Crippen LogP contribution in [-0.2, 0) is 35.1 Å². The monoisotopic (exact) mass is 728 g/mol. The number of carbonyl (C=O) groups excluding carboxylic acids is 4. The van der Waals surface area contributed by atoms with E-state index in [4.69, 9.17) is 9.47 Å². The molecular weight excluding hydrogens is 676 g/mol. The predicted molar refractivity (Wildman–Crippen MR) is 192 cm³/mol. The molecule has 0 aliphatic rings. The van der Waals surface area contributed by atoms with Crippen LogP contribution in [0.3, 0.4) is 0 Å². The molecule has 51 heavy (non-hydrogen) atoms. The maximum absolute atomic E-state index is 14.1. The number of benzene rings is 1.